The number of hydrogen-bond donors (Lipinski definition) is 1. The molecule has 0 unspecified atom stereocenters. The maximum atomic E-state index is 11.5. The average molecular weight is 355 g/mol. The first-order chi connectivity index (χ1) is 12.5. The molecule has 26 heavy (non-hydrogen) atoms. The van der Waals surface area contributed by atoms with Crippen LogP contribution in [0.25, 0.3) is 0 Å². The number of β-amino-alcohol motifs (C(OH)–C–C–N with tert-alkyl or cyclic N) is 1. The standard InChI is InChI=1S/C21H25NO4/c1-14-10-17-6-4-5-7-19(17)22(14)12-18(24)13-26-20-9-8-16(15(2)23)11-21(20)25-3/h4-9,11,14,18,24H,10,12-13H2,1-3H3/t14-,18-/m1/s1. The van der Waals surface area contributed by atoms with Crippen LogP contribution in [0.1, 0.15) is 29.8 Å². The molecule has 1 aliphatic heterocycles. The van der Waals surface area contributed by atoms with Crippen molar-refractivity contribution in [2.24, 2.45) is 0 Å². The van der Waals surface area contributed by atoms with E-state index in [1.54, 1.807) is 18.2 Å². The molecule has 1 heterocycles. The molecule has 3 rings (SSSR count). The number of para-hydroxylation sites is 1. The molecule has 2 atom stereocenters. The number of benzene rings is 2. The molecule has 0 amide bonds. The van der Waals surface area contributed by atoms with Gasteiger partial charge in [0.15, 0.2) is 17.3 Å². The van der Waals surface area contributed by atoms with E-state index in [4.69, 9.17) is 9.47 Å². The first-order valence-electron chi connectivity index (χ1n) is 8.84. The molecule has 5 nitrogen and oxygen atoms in total. The minimum Gasteiger partial charge on any atom is -0.493 e. The number of nitrogens with zero attached hydrogens (tertiary/aromatic N) is 1. The van der Waals surface area contributed by atoms with Crippen molar-refractivity contribution in [2.45, 2.75) is 32.4 Å². The molecule has 0 aliphatic carbocycles. The first-order valence-corrected chi connectivity index (χ1v) is 8.84. The zero-order valence-corrected chi connectivity index (χ0v) is 15.4. The number of hydrogen-bond acceptors (Lipinski definition) is 5. The van der Waals surface area contributed by atoms with Crippen molar-refractivity contribution in [3.8, 4) is 11.5 Å². The van der Waals surface area contributed by atoms with Crippen LogP contribution in [0.4, 0.5) is 5.69 Å². The number of carbonyl (C=O) groups excluding carboxylic acids is 1. The lowest BCUT2D eigenvalue weighted by Crippen LogP contribution is -2.39. The van der Waals surface area contributed by atoms with Crippen LogP contribution in [0, 0.1) is 0 Å². The molecule has 2 aromatic rings. The van der Waals surface area contributed by atoms with Crippen molar-refractivity contribution in [1.29, 1.82) is 0 Å². The van der Waals surface area contributed by atoms with E-state index >= 15 is 0 Å². The Morgan fingerprint density at radius 1 is 1.27 bits per heavy atom. The second-order valence-electron chi connectivity index (χ2n) is 6.72. The molecule has 0 saturated carbocycles. The summed E-state index contributed by atoms with van der Waals surface area (Å²) in [6.07, 6.45) is 0.352. The van der Waals surface area contributed by atoms with Gasteiger partial charge in [0.1, 0.15) is 12.7 Å². The maximum Gasteiger partial charge on any atom is 0.161 e. The van der Waals surface area contributed by atoms with Crippen LogP contribution in [0.2, 0.25) is 0 Å². The second kappa shape index (κ2) is 7.79. The van der Waals surface area contributed by atoms with E-state index in [0.29, 0.717) is 29.6 Å². The highest BCUT2D eigenvalue weighted by Gasteiger charge is 2.27. The van der Waals surface area contributed by atoms with E-state index in [9.17, 15) is 9.90 Å². The molecule has 5 heteroatoms. The average Bonchev–Trinajstić information content (AvgIpc) is 2.95. The summed E-state index contributed by atoms with van der Waals surface area (Å²) in [7, 11) is 1.53. The monoisotopic (exact) mass is 355 g/mol. The van der Waals surface area contributed by atoms with E-state index in [1.165, 1.54) is 25.3 Å². The van der Waals surface area contributed by atoms with Crippen LogP contribution in [-0.2, 0) is 6.42 Å². The lowest BCUT2D eigenvalue weighted by molar-refractivity contribution is 0.101. The summed E-state index contributed by atoms with van der Waals surface area (Å²) in [5.41, 5.74) is 3.06. The summed E-state index contributed by atoms with van der Waals surface area (Å²) in [6, 6.07) is 13.7. The molecule has 138 valence electrons. The van der Waals surface area contributed by atoms with Gasteiger partial charge in [-0.15, -0.1) is 0 Å². The predicted octanol–water partition coefficient (Wildman–Crippen LogP) is 3.09. The Hall–Kier alpha value is -2.53. The quantitative estimate of drug-likeness (QED) is 0.774. The summed E-state index contributed by atoms with van der Waals surface area (Å²) >= 11 is 0. The number of Topliss-reactive ketones (excluding diaryl/α,β-unsaturated/α-hetero) is 1. The van der Waals surface area contributed by atoms with E-state index in [1.807, 2.05) is 12.1 Å². The Kier molecular flexibility index (Phi) is 5.47. The van der Waals surface area contributed by atoms with Crippen LogP contribution >= 0.6 is 0 Å². The number of aliphatic hydroxyl groups is 1. The molecular weight excluding hydrogens is 330 g/mol. The third-order valence-electron chi connectivity index (χ3n) is 4.76. The molecule has 0 saturated heterocycles. The maximum absolute atomic E-state index is 11.5. The minimum absolute atomic E-state index is 0.0310. The Balaban J connectivity index is 1.63. The fraction of sp³-hybridized carbons (Fsp3) is 0.381. The van der Waals surface area contributed by atoms with E-state index in [2.05, 4.69) is 24.0 Å². The van der Waals surface area contributed by atoms with Crippen molar-refractivity contribution in [3.63, 3.8) is 0 Å². The van der Waals surface area contributed by atoms with Crippen LogP contribution < -0.4 is 14.4 Å². The molecule has 2 aromatic carbocycles. The van der Waals surface area contributed by atoms with Crippen molar-refractivity contribution < 1.29 is 19.4 Å². The number of fused-ring (bicyclic) bond motifs is 1. The fourth-order valence-corrected chi connectivity index (χ4v) is 3.38. The largest absolute Gasteiger partial charge is 0.493 e. The van der Waals surface area contributed by atoms with Crippen molar-refractivity contribution in [1.82, 2.24) is 0 Å². The molecule has 0 bridgehead atoms. The number of anilines is 1. The zero-order chi connectivity index (χ0) is 18.7. The highest BCUT2D eigenvalue weighted by Crippen LogP contribution is 2.32. The highest BCUT2D eigenvalue weighted by molar-refractivity contribution is 5.94. The number of aliphatic hydroxyl groups excluding tert-OH is 1. The van der Waals surface area contributed by atoms with E-state index in [-0.39, 0.29) is 12.4 Å². The summed E-state index contributed by atoms with van der Waals surface area (Å²) < 4.78 is 11.0. The van der Waals surface area contributed by atoms with Gasteiger partial charge in [0.2, 0.25) is 0 Å². The van der Waals surface area contributed by atoms with Gasteiger partial charge in [-0.1, -0.05) is 18.2 Å². The minimum atomic E-state index is -0.638. The van der Waals surface area contributed by atoms with Crippen LogP contribution in [0.15, 0.2) is 42.5 Å². The van der Waals surface area contributed by atoms with Gasteiger partial charge in [-0.25, -0.2) is 0 Å². The fourth-order valence-electron chi connectivity index (χ4n) is 3.38. The first kappa shape index (κ1) is 18.3. The lowest BCUT2D eigenvalue weighted by Gasteiger charge is -2.27. The molecule has 0 spiro atoms. The number of rotatable bonds is 7. The Morgan fingerprint density at radius 3 is 2.77 bits per heavy atom. The van der Waals surface area contributed by atoms with Crippen LogP contribution in [0.3, 0.4) is 0 Å². The van der Waals surface area contributed by atoms with Gasteiger partial charge >= 0.3 is 0 Å². The molecule has 0 radical (unpaired) electrons. The third kappa shape index (κ3) is 3.83. The Labute approximate surface area is 154 Å². The second-order valence-corrected chi connectivity index (χ2v) is 6.72. The highest BCUT2D eigenvalue weighted by atomic mass is 16.5. The van der Waals surface area contributed by atoms with Crippen molar-refractivity contribution in [3.05, 3.63) is 53.6 Å². The molecule has 1 aliphatic rings. The van der Waals surface area contributed by atoms with Crippen LogP contribution in [-0.4, -0.2) is 43.3 Å². The van der Waals surface area contributed by atoms with Gasteiger partial charge < -0.3 is 19.5 Å². The molecule has 0 aromatic heterocycles. The number of methoxy groups -OCH3 is 1. The summed E-state index contributed by atoms with van der Waals surface area (Å²) in [4.78, 5) is 13.7. The molecular formula is C21H25NO4. The summed E-state index contributed by atoms with van der Waals surface area (Å²) in [5.74, 6) is 0.979. The van der Waals surface area contributed by atoms with E-state index in [0.717, 1.165) is 6.42 Å². The van der Waals surface area contributed by atoms with Crippen molar-refractivity contribution >= 4 is 11.5 Å². The van der Waals surface area contributed by atoms with E-state index < -0.39 is 6.10 Å². The Bertz CT molecular complexity index is 789. The number of ketones is 1. The number of ether oxygens (including phenoxy) is 2. The van der Waals surface area contributed by atoms with Gasteiger partial charge in [-0.05, 0) is 50.1 Å². The molecule has 1 N–H and O–H groups in total. The van der Waals surface area contributed by atoms with Crippen molar-refractivity contribution in [2.75, 3.05) is 25.2 Å². The normalized spacial score (nSPS) is 16.9. The summed E-state index contributed by atoms with van der Waals surface area (Å²) in [5, 5.41) is 10.5. The van der Waals surface area contributed by atoms with Crippen LogP contribution in [0.5, 0.6) is 11.5 Å². The predicted molar refractivity (Wildman–Crippen MR) is 101 cm³/mol. The lowest BCUT2D eigenvalue weighted by atomic mass is 10.1. The smallest absolute Gasteiger partial charge is 0.161 e. The number of carbonyl (C=O) groups is 1. The topological polar surface area (TPSA) is 59.0 Å². The van der Waals surface area contributed by atoms with Gasteiger partial charge in [0.25, 0.3) is 0 Å². The molecule has 0 fully saturated rings. The van der Waals surface area contributed by atoms with Gasteiger partial charge in [-0.2, -0.15) is 0 Å². The van der Waals surface area contributed by atoms with Gasteiger partial charge in [-0.3, -0.25) is 4.79 Å². The summed E-state index contributed by atoms with van der Waals surface area (Å²) in [6.45, 7) is 4.33. The third-order valence-corrected chi connectivity index (χ3v) is 4.76. The van der Waals surface area contributed by atoms with Gasteiger partial charge in [0.05, 0.1) is 7.11 Å². The SMILES string of the molecule is COc1cc(C(C)=O)ccc1OC[C@H](O)CN1c2ccccc2C[C@H]1C. The zero-order valence-electron chi connectivity index (χ0n) is 15.4. The van der Waals surface area contributed by atoms with Gasteiger partial charge in [0, 0.05) is 23.8 Å². The Morgan fingerprint density at radius 2 is 2.04 bits per heavy atom.